The highest BCUT2D eigenvalue weighted by Crippen LogP contribution is 2.23. The number of aryl methyl sites for hydroxylation is 2. The summed E-state index contributed by atoms with van der Waals surface area (Å²) in [5.41, 5.74) is 2.26. The highest BCUT2D eigenvalue weighted by molar-refractivity contribution is 5.49. The van der Waals surface area contributed by atoms with Crippen molar-refractivity contribution < 1.29 is 9.15 Å². The molecular formula is C15H24N4O2. The van der Waals surface area contributed by atoms with Crippen LogP contribution in [-0.2, 0) is 24.9 Å². The first-order valence-corrected chi connectivity index (χ1v) is 7.09. The molecule has 2 rings (SSSR count). The molecule has 0 amide bonds. The van der Waals surface area contributed by atoms with Crippen molar-refractivity contribution in [1.29, 1.82) is 0 Å². The average Bonchev–Trinajstić information content (AvgIpc) is 3.03. The molecule has 0 unspecified atom stereocenters. The number of furan rings is 1. The summed E-state index contributed by atoms with van der Waals surface area (Å²) < 4.78 is 12.4. The maximum absolute atomic E-state index is 5.42. The van der Waals surface area contributed by atoms with E-state index in [1.807, 2.05) is 30.8 Å². The summed E-state index contributed by atoms with van der Waals surface area (Å²) in [7, 11) is 5.73. The van der Waals surface area contributed by atoms with Gasteiger partial charge in [-0.1, -0.05) is 0 Å². The first-order valence-electron chi connectivity index (χ1n) is 7.09. The summed E-state index contributed by atoms with van der Waals surface area (Å²) in [5, 5.41) is 7.92. The van der Waals surface area contributed by atoms with Crippen molar-refractivity contribution in [2.45, 2.75) is 20.0 Å². The zero-order valence-corrected chi connectivity index (χ0v) is 13.2. The van der Waals surface area contributed by atoms with Crippen molar-refractivity contribution in [3.05, 3.63) is 35.4 Å². The topological polar surface area (TPSA) is 55.5 Å². The molecule has 2 heterocycles. The molecule has 6 heteroatoms. The molecule has 21 heavy (non-hydrogen) atoms. The van der Waals surface area contributed by atoms with Crippen molar-refractivity contribution in [3.8, 4) is 0 Å². The zero-order chi connectivity index (χ0) is 15.2. The largest absolute Gasteiger partial charge is 0.467 e. The third kappa shape index (κ3) is 3.86. The number of rotatable bonds is 8. The quantitative estimate of drug-likeness (QED) is 0.750. The molecule has 0 fully saturated rings. The lowest BCUT2D eigenvalue weighted by atomic mass is 10.2. The summed E-state index contributed by atoms with van der Waals surface area (Å²) in [6.07, 6.45) is 1.70. The van der Waals surface area contributed by atoms with E-state index in [0.29, 0.717) is 6.61 Å². The maximum Gasteiger partial charge on any atom is 0.131 e. The van der Waals surface area contributed by atoms with Gasteiger partial charge in [0.25, 0.3) is 0 Å². The second kappa shape index (κ2) is 7.28. The van der Waals surface area contributed by atoms with E-state index in [2.05, 4.69) is 22.4 Å². The number of hydrogen-bond donors (Lipinski definition) is 1. The molecule has 0 aliphatic heterocycles. The Hall–Kier alpha value is -1.79. The highest BCUT2D eigenvalue weighted by Gasteiger charge is 2.17. The summed E-state index contributed by atoms with van der Waals surface area (Å²) in [6.45, 7) is 5.07. The Morgan fingerprint density at radius 1 is 1.48 bits per heavy atom. The van der Waals surface area contributed by atoms with Crippen LogP contribution in [0.25, 0.3) is 0 Å². The average molecular weight is 292 g/mol. The molecule has 0 bridgehead atoms. The molecule has 0 spiro atoms. The predicted octanol–water partition coefficient (Wildman–Crippen LogP) is 1.69. The van der Waals surface area contributed by atoms with Crippen LogP contribution < -0.4 is 10.2 Å². The molecule has 116 valence electrons. The van der Waals surface area contributed by atoms with E-state index >= 15 is 0 Å². The lowest BCUT2D eigenvalue weighted by Gasteiger charge is -2.20. The number of methoxy groups -OCH3 is 1. The van der Waals surface area contributed by atoms with Crippen molar-refractivity contribution in [3.63, 3.8) is 0 Å². The molecule has 2 aromatic heterocycles. The number of anilines is 1. The summed E-state index contributed by atoms with van der Waals surface area (Å²) in [4.78, 5) is 2.16. The number of ether oxygens (including phenoxy) is 1. The van der Waals surface area contributed by atoms with Crippen LogP contribution in [-0.4, -0.2) is 37.1 Å². The van der Waals surface area contributed by atoms with Crippen molar-refractivity contribution in [2.75, 3.05) is 32.2 Å². The zero-order valence-electron chi connectivity index (χ0n) is 13.2. The van der Waals surface area contributed by atoms with Crippen LogP contribution in [0.1, 0.15) is 17.0 Å². The number of aromatic nitrogens is 2. The van der Waals surface area contributed by atoms with Crippen LogP contribution in [0.4, 0.5) is 5.82 Å². The lowest BCUT2D eigenvalue weighted by Crippen LogP contribution is -2.23. The van der Waals surface area contributed by atoms with Crippen LogP contribution >= 0.6 is 0 Å². The number of nitrogens with zero attached hydrogens (tertiary/aromatic N) is 3. The Kier molecular flexibility index (Phi) is 5.41. The van der Waals surface area contributed by atoms with Gasteiger partial charge < -0.3 is 19.4 Å². The first-order chi connectivity index (χ1) is 10.1. The van der Waals surface area contributed by atoms with Crippen LogP contribution in [0, 0.1) is 6.92 Å². The van der Waals surface area contributed by atoms with Gasteiger partial charge in [0, 0.05) is 39.9 Å². The Labute approximate surface area is 125 Å². The van der Waals surface area contributed by atoms with Gasteiger partial charge in [-0.2, -0.15) is 5.10 Å². The van der Waals surface area contributed by atoms with E-state index in [-0.39, 0.29) is 0 Å². The van der Waals surface area contributed by atoms with Crippen molar-refractivity contribution in [2.24, 2.45) is 7.05 Å². The fraction of sp³-hybridized carbons (Fsp3) is 0.533. The van der Waals surface area contributed by atoms with E-state index in [0.717, 1.165) is 36.9 Å². The standard InChI is InChI=1S/C15H24N4O2/c1-12-14(10-16-7-9-20-4)15(19(3)17-12)18(2)11-13-6-5-8-21-13/h5-6,8,16H,7,9-11H2,1-4H3. The van der Waals surface area contributed by atoms with Gasteiger partial charge in [-0.25, -0.2) is 0 Å². The SMILES string of the molecule is COCCNCc1c(C)nn(C)c1N(C)Cc1ccco1. The van der Waals surface area contributed by atoms with Crippen LogP contribution in [0.5, 0.6) is 0 Å². The lowest BCUT2D eigenvalue weighted by molar-refractivity contribution is 0.199. The molecule has 0 aliphatic rings. The molecule has 2 aromatic rings. The summed E-state index contributed by atoms with van der Waals surface area (Å²) in [6, 6.07) is 3.89. The molecule has 0 saturated heterocycles. The molecule has 6 nitrogen and oxygen atoms in total. The summed E-state index contributed by atoms with van der Waals surface area (Å²) >= 11 is 0. The summed E-state index contributed by atoms with van der Waals surface area (Å²) in [5.74, 6) is 2.04. The van der Waals surface area contributed by atoms with Gasteiger partial charge in [0.1, 0.15) is 11.6 Å². The first kappa shape index (κ1) is 15.6. The number of nitrogens with one attached hydrogen (secondary N) is 1. The number of hydrogen-bond acceptors (Lipinski definition) is 5. The second-order valence-corrected chi connectivity index (χ2v) is 5.12. The van der Waals surface area contributed by atoms with Crippen molar-refractivity contribution in [1.82, 2.24) is 15.1 Å². The van der Waals surface area contributed by atoms with Crippen LogP contribution in [0.2, 0.25) is 0 Å². The molecule has 0 saturated carbocycles. The van der Waals surface area contributed by atoms with E-state index in [1.54, 1.807) is 13.4 Å². The van der Waals surface area contributed by atoms with Gasteiger partial charge in [-0.05, 0) is 19.1 Å². The monoisotopic (exact) mass is 292 g/mol. The third-order valence-corrected chi connectivity index (χ3v) is 3.43. The Morgan fingerprint density at radius 2 is 2.29 bits per heavy atom. The van der Waals surface area contributed by atoms with Crippen LogP contribution in [0.3, 0.4) is 0 Å². The van der Waals surface area contributed by atoms with E-state index in [9.17, 15) is 0 Å². The minimum absolute atomic E-state index is 0.705. The molecular weight excluding hydrogens is 268 g/mol. The van der Waals surface area contributed by atoms with Gasteiger partial charge >= 0.3 is 0 Å². The Balaban J connectivity index is 2.09. The Bertz CT molecular complexity index is 548. The van der Waals surface area contributed by atoms with Gasteiger partial charge in [0.05, 0.1) is 25.1 Å². The normalized spacial score (nSPS) is 11.0. The van der Waals surface area contributed by atoms with E-state index in [1.165, 1.54) is 5.56 Å². The maximum atomic E-state index is 5.42. The van der Waals surface area contributed by atoms with E-state index < -0.39 is 0 Å². The minimum atomic E-state index is 0.705. The smallest absolute Gasteiger partial charge is 0.131 e. The Morgan fingerprint density at radius 3 is 2.95 bits per heavy atom. The van der Waals surface area contributed by atoms with Gasteiger partial charge in [0.15, 0.2) is 0 Å². The van der Waals surface area contributed by atoms with Crippen molar-refractivity contribution >= 4 is 5.82 Å². The highest BCUT2D eigenvalue weighted by atomic mass is 16.5. The molecule has 0 atom stereocenters. The third-order valence-electron chi connectivity index (χ3n) is 3.43. The minimum Gasteiger partial charge on any atom is -0.467 e. The van der Waals surface area contributed by atoms with Gasteiger partial charge in [0.2, 0.25) is 0 Å². The fourth-order valence-corrected chi connectivity index (χ4v) is 2.47. The molecule has 0 radical (unpaired) electrons. The molecule has 1 N–H and O–H groups in total. The second-order valence-electron chi connectivity index (χ2n) is 5.12. The molecule has 0 aromatic carbocycles. The molecule has 0 aliphatic carbocycles. The van der Waals surface area contributed by atoms with Crippen LogP contribution in [0.15, 0.2) is 22.8 Å². The fourth-order valence-electron chi connectivity index (χ4n) is 2.47. The van der Waals surface area contributed by atoms with Gasteiger partial charge in [-0.3, -0.25) is 4.68 Å². The van der Waals surface area contributed by atoms with E-state index in [4.69, 9.17) is 9.15 Å². The predicted molar refractivity (Wildman–Crippen MR) is 82.3 cm³/mol. The van der Waals surface area contributed by atoms with Gasteiger partial charge in [-0.15, -0.1) is 0 Å².